The Kier molecular flexibility index (Phi) is 6.71. The Labute approximate surface area is 149 Å². The SMILES string of the molecule is COCCN(CC1CCN(C)CC1)C(=O)c1nnc(C(C)(C)C)s1. The van der Waals surface area contributed by atoms with E-state index in [1.165, 1.54) is 11.3 Å². The summed E-state index contributed by atoms with van der Waals surface area (Å²) >= 11 is 1.41. The topological polar surface area (TPSA) is 58.6 Å². The molecular weight excluding hydrogens is 324 g/mol. The van der Waals surface area contributed by atoms with Crippen molar-refractivity contribution in [1.29, 1.82) is 0 Å². The van der Waals surface area contributed by atoms with Gasteiger partial charge in [-0.25, -0.2) is 0 Å². The van der Waals surface area contributed by atoms with Gasteiger partial charge in [-0.3, -0.25) is 4.79 Å². The molecular formula is C17H30N4O2S. The summed E-state index contributed by atoms with van der Waals surface area (Å²) in [5.41, 5.74) is -0.0818. The maximum absolute atomic E-state index is 12.9. The second-order valence-corrected chi connectivity index (χ2v) is 8.63. The van der Waals surface area contributed by atoms with Crippen LogP contribution in [0.15, 0.2) is 0 Å². The average Bonchev–Trinajstić information content (AvgIpc) is 3.03. The zero-order valence-corrected chi connectivity index (χ0v) is 16.4. The highest BCUT2D eigenvalue weighted by Crippen LogP contribution is 2.26. The van der Waals surface area contributed by atoms with E-state index in [0.29, 0.717) is 24.1 Å². The molecule has 1 aliphatic rings. The van der Waals surface area contributed by atoms with E-state index in [9.17, 15) is 4.79 Å². The lowest BCUT2D eigenvalue weighted by molar-refractivity contribution is 0.0628. The Bertz CT molecular complexity index is 533. The van der Waals surface area contributed by atoms with Crippen molar-refractivity contribution >= 4 is 17.2 Å². The van der Waals surface area contributed by atoms with Gasteiger partial charge in [0.2, 0.25) is 5.01 Å². The molecule has 0 aliphatic carbocycles. The van der Waals surface area contributed by atoms with E-state index in [1.807, 2.05) is 4.90 Å². The van der Waals surface area contributed by atoms with Crippen molar-refractivity contribution in [1.82, 2.24) is 20.0 Å². The molecule has 0 N–H and O–H groups in total. The smallest absolute Gasteiger partial charge is 0.284 e. The highest BCUT2D eigenvalue weighted by atomic mass is 32.1. The zero-order valence-electron chi connectivity index (χ0n) is 15.5. The van der Waals surface area contributed by atoms with Gasteiger partial charge < -0.3 is 14.5 Å². The summed E-state index contributed by atoms with van der Waals surface area (Å²) in [5.74, 6) is 0.538. The van der Waals surface area contributed by atoms with Crippen molar-refractivity contribution in [3.8, 4) is 0 Å². The molecule has 0 aromatic carbocycles. The number of carbonyl (C=O) groups is 1. The number of ether oxygens (including phenoxy) is 1. The van der Waals surface area contributed by atoms with E-state index in [2.05, 4.69) is 42.9 Å². The lowest BCUT2D eigenvalue weighted by atomic mass is 9.96. The summed E-state index contributed by atoms with van der Waals surface area (Å²) < 4.78 is 5.19. The number of hydrogen-bond acceptors (Lipinski definition) is 6. The fraction of sp³-hybridized carbons (Fsp3) is 0.824. The molecule has 136 valence electrons. The summed E-state index contributed by atoms with van der Waals surface area (Å²) in [6.07, 6.45) is 2.27. The van der Waals surface area contributed by atoms with Crippen molar-refractivity contribution < 1.29 is 9.53 Å². The van der Waals surface area contributed by atoms with Gasteiger partial charge in [-0.05, 0) is 38.9 Å². The van der Waals surface area contributed by atoms with Crippen LogP contribution >= 0.6 is 11.3 Å². The molecule has 1 saturated heterocycles. The van der Waals surface area contributed by atoms with E-state index in [4.69, 9.17) is 4.74 Å². The van der Waals surface area contributed by atoms with Crippen molar-refractivity contribution in [2.45, 2.75) is 39.0 Å². The molecule has 2 heterocycles. The molecule has 24 heavy (non-hydrogen) atoms. The van der Waals surface area contributed by atoms with Crippen LogP contribution in [0, 0.1) is 5.92 Å². The second-order valence-electron chi connectivity index (χ2n) is 7.65. The molecule has 1 aromatic heterocycles. The van der Waals surface area contributed by atoms with Gasteiger partial charge in [0.05, 0.1) is 6.61 Å². The Morgan fingerprint density at radius 3 is 2.54 bits per heavy atom. The molecule has 0 atom stereocenters. The van der Waals surface area contributed by atoms with Crippen LogP contribution in [-0.2, 0) is 10.2 Å². The number of piperidine rings is 1. The van der Waals surface area contributed by atoms with Gasteiger partial charge in [0.25, 0.3) is 5.91 Å². The maximum Gasteiger partial charge on any atom is 0.284 e. The molecule has 0 radical (unpaired) electrons. The van der Waals surface area contributed by atoms with Gasteiger partial charge in [0.15, 0.2) is 0 Å². The molecule has 0 unspecified atom stereocenters. The first kappa shape index (κ1) is 19.3. The molecule has 1 aromatic rings. The third kappa shape index (κ3) is 5.22. The maximum atomic E-state index is 12.9. The lowest BCUT2D eigenvalue weighted by Crippen LogP contribution is -2.41. The summed E-state index contributed by atoms with van der Waals surface area (Å²) in [5, 5.41) is 9.75. The number of nitrogens with zero attached hydrogens (tertiary/aromatic N) is 4. The predicted octanol–water partition coefficient (Wildman–Crippen LogP) is 2.27. The number of aromatic nitrogens is 2. The van der Waals surface area contributed by atoms with E-state index in [1.54, 1.807) is 7.11 Å². The number of amides is 1. The van der Waals surface area contributed by atoms with Gasteiger partial charge in [-0.1, -0.05) is 32.1 Å². The number of hydrogen-bond donors (Lipinski definition) is 0. The third-order valence-corrected chi connectivity index (χ3v) is 5.76. The van der Waals surface area contributed by atoms with E-state index < -0.39 is 0 Å². The van der Waals surface area contributed by atoms with Crippen molar-refractivity contribution in [2.75, 3.05) is 46.9 Å². The minimum absolute atomic E-state index is 0.0148. The summed E-state index contributed by atoms with van der Waals surface area (Å²) in [6, 6.07) is 0. The normalized spacial score (nSPS) is 17.2. The van der Waals surface area contributed by atoms with Gasteiger partial charge in [-0.2, -0.15) is 0 Å². The van der Waals surface area contributed by atoms with E-state index >= 15 is 0 Å². The fourth-order valence-electron chi connectivity index (χ4n) is 2.78. The minimum Gasteiger partial charge on any atom is -0.383 e. The van der Waals surface area contributed by atoms with Crippen LogP contribution in [-0.4, -0.2) is 72.8 Å². The van der Waals surface area contributed by atoms with Crippen LogP contribution in [0.4, 0.5) is 0 Å². The molecule has 2 rings (SSSR count). The lowest BCUT2D eigenvalue weighted by Gasteiger charge is -2.32. The molecule has 1 amide bonds. The zero-order chi connectivity index (χ0) is 17.7. The van der Waals surface area contributed by atoms with Crippen LogP contribution < -0.4 is 0 Å². The summed E-state index contributed by atoms with van der Waals surface area (Å²) in [4.78, 5) is 17.1. The first-order chi connectivity index (χ1) is 11.3. The number of rotatable bonds is 6. The standard InChI is InChI=1S/C17H30N4O2S/c1-17(2,3)16-19-18-14(24-16)15(22)21(10-11-23-5)12-13-6-8-20(4)9-7-13/h13H,6-12H2,1-5H3. The van der Waals surface area contributed by atoms with Gasteiger partial charge >= 0.3 is 0 Å². The van der Waals surface area contributed by atoms with Crippen LogP contribution in [0.25, 0.3) is 0 Å². The average molecular weight is 355 g/mol. The largest absolute Gasteiger partial charge is 0.383 e. The Balaban J connectivity index is 2.05. The van der Waals surface area contributed by atoms with Crippen molar-refractivity contribution in [3.05, 3.63) is 10.0 Å². The van der Waals surface area contributed by atoms with Crippen LogP contribution in [0.1, 0.15) is 48.4 Å². The molecule has 6 nitrogen and oxygen atoms in total. The van der Waals surface area contributed by atoms with E-state index in [0.717, 1.165) is 37.5 Å². The summed E-state index contributed by atoms with van der Waals surface area (Å²) in [7, 11) is 3.82. The highest BCUT2D eigenvalue weighted by Gasteiger charge is 2.27. The molecule has 0 bridgehead atoms. The quantitative estimate of drug-likeness (QED) is 0.784. The van der Waals surface area contributed by atoms with Crippen LogP contribution in [0.2, 0.25) is 0 Å². The summed E-state index contributed by atoms with van der Waals surface area (Å²) in [6.45, 7) is 10.4. The van der Waals surface area contributed by atoms with Crippen LogP contribution in [0.5, 0.6) is 0 Å². The first-order valence-electron chi connectivity index (χ1n) is 8.62. The predicted molar refractivity (Wildman–Crippen MR) is 96.6 cm³/mol. The van der Waals surface area contributed by atoms with Gasteiger partial charge in [-0.15, -0.1) is 10.2 Å². The van der Waals surface area contributed by atoms with E-state index in [-0.39, 0.29) is 11.3 Å². The monoisotopic (exact) mass is 354 g/mol. The minimum atomic E-state index is -0.0818. The van der Waals surface area contributed by atoms with Crippen molar-refractivity contribution in [3.63, 3.8) is 0 Å². The fourth-order valence-corrected chi connectivity index (χ4v) is 3.65. The van der Waals surface area contributed by atoms with Crippen molar-refractivity contribution in [2.24, 2.45) is 5.92 Å². The Morgan fingerprint density at radius 2 is 2.00 bits per heavy atom. The van der Waals surface area contributed by atoms with Gasteiger partial charge in [0.1, 0.15) is 5.01 Å². The van der Waals surface area contributed by atoms with Crippen LogP contribution in [0.3, 0.4) is 0 Å². The Morgan fingerprint density at radius 1 is 1.33 bits per heavy atom. The second kappa shape index (κ2) is 8.36. The molecule has 1 aliphatic heterocycles. The first-order valence-corrected chi connectivity index (χ1v) is 9.43. The third-order valence-electron chi connectivity index (χ3n) is 4.42. The molecule has 0 spiro atoms. The molecule has 7 heteroatoms. The molecule has 1 fully saturated rings. The number of likely N-dealkylation sites (tertiary alicyclic amines) is 1. The van der Waals surface area contributed by atoms with Gasteiger partial charge in [0, 0.05) is 25.6 Å². The molecule has 0 saturated carbocycles. The highest BCUT2D eigenvalue weighted by molar-refractivity contribution is 7.13. The number of carbonyl (C=O) groups excluding carboxylic acids is 1. The number of methoxy groups -OCH3 is 1. The Hall–Kier alpha value is -1.05.